The fourth-order valence-corrected chi connectivity index (χ4v) is 4.12. The van der Waals surface area contributed by atoms with Gasteiger partial charge in [-0.3, -0.25) is 0 Å². The molecule has 0 spiro atoms. The summed E-state index contributed by atoms with van der Waals surface area (Å²) in [4.78, 5) is 24.6. The van der Waals surface area contributed by atoms with Crippen LogP contribution in [0.1, 0.15) is 39.2 Å². The quantitative estimate of drug-likeness (QED) is 0.120. The van der Waals surface area contributed by atoms with Crippen LogP contribution in [0.3, 0.4) is 0 Å². The number of hydrogen-bond acceptors (Lipinski definition) is 6. The number of rotatable bonds is 13. The Morgan fingerprint density at radius 1 is 1.24 bits per heavy atom. The van der Waals surface area contributed by atoms with E-state index in [0.717, 1.165) is 12.8 Å². The van der Waals surface area contributed by atoms with E-state index in [1.807, 2.05) is 0 Å². The molecule has 0 aromatic heterocycles. The van der Waals surface area contributed by atoms with Crippen molar-refractivity contribution in [1.29, 1.82) is 0 Å². The molecule has 0 aliphatic rings. The van der Waals surface area contributed by atoms with Gasteiger partial charge in [-0.25, -0.2) is 18.8 Å². The van der Waals surface area contributed by atoms with Crippen LogP contribution in [0.25, 0.3) is 0 Å². The normalized spacial score (nSPS) is 14.2. The minimum atomic E-state index is -3.55. The Morgan fingerprint density at radius 2 is 1.88 bits per heavy atom. The highest BCUT2D eigenvalue weighted by atomic mass is 35.7. The van der Waals surface area contributed by atoms with Crippen molar-refractivity contribution in [3.8, 4) is 5.75 Å². The van der Waals surface area contributed by atoms with Crippen molar-refractivity contribution in [2.45, 2.75) is 51.7 Å². The number of esters is 1. The number of benzene rings is 1. The van der Waals surface area contributed by atoms with Crippen LogP contribution in [-0.2, 0) is 25.3 Å². The number of nitrogens with zero attached hydrogens (tertiary/aromatic N) is 1. The van der Waals surface area contributed by atoms with Crippen molar-refractivity contribution in [2.24, 2.45) is 0 Å². The van der Waals surface area contributed by atoms with Gasteiger partial charge in [0.25, 0.3) is 0 Å². The zero-order valence-corrected chi connectivity index (χ0v) is 21.9. The monoisotopic (exact) mass is 522 g/mol. The van der Waals surface area contributed by atoms with Crippen LogP contribution in [0.2, 0.25) is 0 Å². The number of carbonyl (C=O) groups is 2. The van der Waals surface area contributed by atoms with Crippen LogP contribution in [0.5, 0.6) is 5.75 Å². The molecule has 186 valence electrons. The molecule has 11 heteroatoms. The lowest BCUT2D eigenvalue weighted by molar-refractivity contribution is -0.144. The maximum Gasteiger partial charge on any atom is 0.411 e. The van der Waals surface area contributed by atoms with E-state index in [1.54, 1.807) is 52.1 Å². The number of nitrogens with one attached hydrogen (secondary N) is 1. The molecular formula is C22H33Cl2N2O6P. The van der Waals surface area contributed by atoms with E-state index >= 15 is 0 Å². The third-order valence-corrected chi connectivity index (χ3v) is 6.87. The van der Waals surface area contributed by atoms with E-state index in [1.165, 1.54) is 10.7 Å². The van der Waals surface area contributed by atoms with Gasteiger partial charge in [0.15, 0.2) is 0 Å². The second-order valence-corrected chi connectivity index (χ2v) is 11.7. The second-order valence-electron chi connectivity index (χ2n) is 8.29. The molecule has 33 heavy (non-hydrogen) atoms. The van der Waals surface area contributed by atoms with Crippen LogP contribution >= 0.6 is 29.7 Å². The van der Waals surface area contributed by atoms with Crippen LogP contribution in [0.4, 0.5) is 4.79 Å². The summed E-state index contributed by atoms with van der Waals surface area (Å²) in [6.07, 6.45) is 2.37. The number of halogens is 2. The average Bonchev–Trinajstić information content (AvgIpc) is 2.71. The first-order valence-electron chi connectivity index (χ1n) is 10.5. The zero-order chi connectivity index (χ0) is 25.1. The molecule has 0 saturated heterocycles. The number of hydrogen-bond donors (Lipinski definition) is 1. The zero-order valence-electron chi connectivity index (χ0n) is 19.5. The van der Waals surface area contributed by atoms with Crippen LogP contribution < -0.4 is 9.84 Å². The lowest BCUT2D eigenvalue weighted by Crippen LogP contribution is -2.45. The average molecular weight is 523 g/mol. The summed E-state index contributed by atoms with van der Waals surface area (Å²) in [6.45, 7) is 5.63. The highest BCUT2D eigenvalue weighted by Crippen LogP contribution is 2.54. The van der Waals surface area contributed by atoms with Gasteiger partial charge in [-0.1, -0.05) is 24.8 Å². The number of amides is 1. The molecule has 0 aliphatic carbocycles. The molecule has 0 saturated carbocycles. The number of ether oxygens (including phenoxy) is 2. The van der Waals surface area contributed by atoms with E-state index in [0.29, 0.717) is 23.7 Å². The lowest BCUT2D eigenvalue weighted by Gasteiger charge is -2.23. The predicted molar refractivity (Wildman–Crippen MR) is 131 cm³/mol. The molecule has 0 heterocycles. The minimum absolute atomic E-state index is 0.0154. The molecule has 1 amide bonds. The van der Waals surface area contributed by atoms with E-state index in [9.17, 15) is 14.2 Å². The largest absolute Gasteiger partial charge is 0.460 e. The van der Waals surface area contributed by atoms with Crippen LogP contribution in [0.15, 0.2) is 36.9 Å². The Hall–Kier alpha value is -1.73. The van der Waals surface area contributed by atoms with Crippen molar-refractivity contribution in [3.63, 3.8) is 0 Å². The van der Waals surface area contributed by atoms with E-state index in [-0.39, 0.29) is 13.0 Å². The summed E-state index contributed by atoms with van der Waals surface area (Å²) in [5.41, 5.74) is -0.00974. The van der Waals surface area contributed by atoms with Crippen LogP contribution in [-0.4, -0.2) is 54.5 Å². The number of carbonyl (C=O) groups excluding carboxylic acids is 2. The first kappa shape index (κ1) is 29.3. The van der Waals surface area contributed by atoms with Crippen molar-refractivity contribution in [3.05, 3.63) is 42.5 Å². The molecule has 2 unspecified atom stereocenters. The van der Waals surface area contributed by atoms with Crippen LogP contribution in [0, 0.1) is 0 Å². The number of unbranched alkanes of at least 4 members (excludes halogenated alkanes) is 1. The first-order valence-corrected chi connectivity index (χ1v) is 13.5. The van der Waals surface area contributed by atoms with E-state index in [2.05, 4.69) is 11.9 Å². The summed E-state index contributed by atoms with van der Waals surface area (Å²) in [5, 5.41) is 2.54. The third kappa shape index (κ3) is 11.8. The maximum absolute atomic E-state index is 12.7. The van der Waals surface area contributed by atoms with Gasteiger partial charge in [0.1, 0.15) is 24.0 Å². The van der Waals surface area contributed by atoms with Gasteiger partial charge in [-0.15, -0.1) is 11.6 Å². The molecule has 0 fully saturated rings. The van der Waals surface area contributed by atoms with Crippen molar-refractivity contribution < 1.29 is 28.2 Å². The second kappa shape index (κ2) is 13.9. The van der Waals surface area contributed by atoms with Gasteiger partial charge in [-0.2, -0.15) is 0 Å². The topological polar surface area (TPSA) is 94.2 Å². The first-order chi connectivity index (χ1) is 15.4. The summed E-state index contributed by atoms with van der Waals surface area (Å²) < 4.78 is 30.0. The summed E-state index contributed by atoms with van der Waals surface area (Å²) in [6, 6.07) is 5.58. The Bertz CT molecular complexity index is 829. The summed E-state index contributed by atoms with van der Waals surface area (Å²) >= 11 is 11.8. The van der Waals surface area contributed by atoms with Gasteiger partial charge in [0.05, 0.1) is 0 Å². The SMILES string of the molecule is C=CCOC(=O)C(Cc1ccc(OP(=O)(Cl)N(C)CCCCCl)cc1)NC(=O)OC(C)(C)C. The van der Waals surface area contributed by atoms with Crippen molar-refractivity contribution in [2.75, 3.05) is 26.1 Å². The Balaban J connectivity index is 2.84. The highest BCUT2D eigenvalue weighted by molar-refractivity contribution is 7.83. The number of alkyl carbamates (subject to hydrolysis) is 1. The van der Waals surface area contributed by atoms with Gasteiger partial charge < -0.3 is 19.3 Å². The van der Waals surface area contributed by atoms with Gasteiger partial charge in [0, 0.05) is 30.1 Å². The molecule has 1 aromatic rings. The molecular weight excluding hydrogens is 490 g/mol. The smallest absolute Gasteiger partial charge is 0.411 e. The molecule has 2 atom stereocenters. The molecule has 0 radical (unpaired) electrons. The summed E-state index contributed by atoms with van der Waals surface area (Å²) in [7, 11) is 1.62. The molecule has 8 nitrogen and oxygen atoms in total. The fourth-order valence-electron chi connectivity index (χ4n) is 2.56. The van der Waals surface area contributed by atoms with Gasteiger partial charge >= 0.3 is 18.9 Å². The molecule has 0 bridgehead atoms. The summed E-state index contributed by atoms with van der Waals surface area (Å²) in [5.74, 6) is 0.213. The molecule has 1 rings (SSSR count). The Kier molecular flexibility index (Phi) is 12.3. The molecule has 0 aliphatic heterocycles. The lowest BCUT2D eigenvalue weighted by atomic mass is 10.1. The molecule has 1 N–H and O–H groups in total. The Morgan fingerprint density at radius 3 is 2.42 bits per heavy atom. The standard InChI is InChI=1S/C22H33Cl2N2O6P/c1-6-15-30-20(27)19(25-21(28)31-22(2,3)4)16-17-9-11-18(12-10-17)32-33(24,29)26(5)14-8-7-13-23/h6,9-12,19H,1,7-8,13-16H2,2-5H3,(H,25,28). The highest BCUT2D eigenvalue weighted by Gasteiger charge is 2.28. The van der Waals surface area contributed by atoms with Gasteiger partial charge in [-0.05, 0) is 58.4 Å². The predicted octanol–water partition coefficient (Wildman–Crippen LogP) is 5.53. The molecule has 1 aromatic carbocycles. The van der Waals surface area contributed by atoms with E-state index < -0.39 is 30.6 Å². The number of alkyl halides is 1. The minimum Gasteiger partial charge on any atom is -0.460 e. The third-order valence-electron chi connectivity index (χ3n) is 4.17. The van der Waals surface area contributed by atoms with E-state index in [4.69, 9.17) is 36.8 Å². The fraction of sp³-hybridized carbons (Fsp3) is 0.545. The van der Waals surface area contributed by atoms with Gasteiger partial charge in [0.2, 0.25) is 0 Å². The van der Waals surface area contributed by atoms with Crippen molar-refractivity contribution in [1.82, 2.24) is 9.99 Å². The maximum atomic E-state index is 12.7. The Labute approximate surface area is 205 Å². The van der Waals surface area contributed by atoms with Crippen molar-refractivity contribution >= 4 is 41.8 Å².